The van der Waals surface area contributed by atoms with Gasteiger partial charge in [0.25, 0.3) is 17.4 Å². The number of anilines is 1. The Hall–Kier alpha value is -3.71. The summed E-state index contributed by atoms with van der Waals surface area (Å²) in [6.45, 7) is 1.76. The number of pyridine rings is 1. The molecular weight excluding hydrogens is 446 g/mol. The molecule has 2 aromatic heterocycles. The van der Waals surface area contributed by atoms with E-state index in [2.05, 4.69) is 5.32 Å². The second-order valence-corrected chi connectivity index (χ2v) is 10.0. The van der Waals surface area contributed by atoms with Gasteiger partial charge < -0.3 is 14.8 Å². The van der Waals surface area contributed by atoms with Crippen LogP contribution in [0.15, 0.2) is 76.9 Å². The SMILES string of the molecule is O=C(Nc1ccc2n(c1=O)C[C@H]1C[C@@H]2CN(C(=O)c2ccc3ccccc3c2)C1)c1cccs1. The van der Waals surface area contributed by atoms with Crippen LogP contribution in [0.5, 0.6) is 0 Å². The lowest BCUT2D eigenvalue weighted by molar-refractivity contribution is 0.0594. The first-order valence-corrected chi connectivity index (χ1v) is 12.3. The Morgan fingerprint density at radius 1 is 0.912 bits per heavy atom. The molecule has 34 heavy (non-hydrogen) atoms. The van der Waals surface area contributed by atoms with E-state index >= 15 is 0 Å². The Labute approximate surface area is 200 Å². The molecule has 4 heterocycles. The van der Waals surface area contributed by atoms with E-state index in [-0.39, 0.29) is 29.2 Å². The molecule has 2 aromatic carbocycles. The Bertz CT molecular complexity index is 1470. The fraction of sp³-hybridized carbons (Fsp3) is 0.222. The van der Waals surface area contributed by atoms with E-state index in [4.69, 9.17) is 0 Å². The lowest BCUT2D eigenvalue weighted by atomic mass is 9.83. The largest absolute Gasteiger partial charge is 0.338 e. The highest BCUT2D eigenvalue weighted by atomic mass is 32.1. The zero-order valence-corrected chi connectivity index (χ0v) is 19.3. The van der Waals surface area contributed by atoms with Gasteiger partial charge in [0.2, 0.25) is 0 Å². The van der Waals surface area contributed by atoms with Crippen molar-refractivity contribution < 1.29 is 9.59 Å². The summed E-state index contributed by atoms with van der Waals surface area (Å²) in [5, 5.41) is 6.77. The van der Waals surface area contributed by atoms with Gasteiger partial charge in [0.1, 0.15) is 5.69 Å². The van der Waals surface area contributed by atoms with Crippen molar-refractivity contribution in [2.75, 3.05) is 18.4 Å². The van der Waals surface area contributed by atoms with Crippen LogP contribution < -0.4 is 10.9 Å². The van der Waals surface area contributed by atoms with Gasteiger partial charge in [-0.2, -0.15) is 0 Å². The van der Waals surface area contributed by atoms with Gasteiger partial charge >= 0.3 is 0 Å². The van der Waals surface area contributed by atoms with Crippen molar-refractivity contribution in [2.45, 2.75) is 18.9 Å². The molecule has 4 aromatic rings. The summed E-state index contributed by atoms with van der Waals surface area (Å²) in [6, 6.07) is 21.1. The average Bonchev–Trinajstić information content (AvgIpc) is 3.40. The van der Waals surface area contributed by atoms with Crippen LogP contribution in [-0.2, 0) is 6.54 Å². The quantitative estimate of drug-likeness (QED) is 0.478. The second kappa shape index (κ2) is 8.25. The van der Waals surface area contributed by atoms with Crippen molar-refractivity contribution in [2.24, 2.45) is 5.92 Å². The molecule has 2 aliphatic heterocycles. The summed E-state index contributed by atoms with van der Waals surface area (Å²) in [4.78, 5) is 41.5. The van der Waals surface area contributed by atoms with E-state index in [1.165, 1.54) is 11.3 Å². The van der Waals surface area contributed by atoms with Crippen LogP contribution >= 0.6 is 11.3 Å². The molecule has 170 valence electrons. The number of nitrogens with one attached hydrogen (secondary N) is 1. The van der Waals surface area contributed by atoms with Gasteiger partial charge in [-0.1, -0.05) is 36.4 Å². The smallest absolute Gasteiger partial charge is 0.274 e. The van der Waals surface area contributed by atoms with Gasteiger partial charge in [0, 0.05) is 36.8 Å². The van der Waals surface area contributed by atoms with Gasteiger partial charge in [-0.05, 0) is 58.8 Å². The lowest BCUT2D eigenvalue weighted by Crippen LogP contribution is -2.49. The third kappa shape index (κ3) is 3.62. The van der Waals surface area contributed by atoms with Crippen LogP contribution in [0.3, 0.4) is 0 Å². The number of carbonyl (C=O) groups is 2. The molecule has 2 amide bonds. The molecule has 6 rings (SSSR count). The van der Waals surface area contributed by atoms with Crippen LogP contribution in [-0.4, -0.2) is 34.4 Å². The first-order valence-electron chi connectivity index (χ1n) is 11.4. The standard InChI is InChI=1S/C27H23N3O3S/c31-25(24-6-3-11-34-24)28-22-9-10-23-21-12-17(15-30(23)27(22)33)14-29(16-21)26(32)20-8-7-18-4-1-2-5-19(18)13-20/h1-11,13,17,21H,12,14-16H2,(H,28,31)/t17-,21+/m0/s1. The molecule has 2 atom stereocenters. The van der Waals surface area contributed by atoms with Crippen molar-refractivity contribution in [1.82, 2.24) is 9.47 Å². The monoisotopic (exact) mass is 469 g/mol. The minimum atomic E-state index is -0.268. The van der Waals surface area contributed by atoms with Crippen molar-refractivity contribution in [1.29, 1.82) is 0 Å². The third-order valence-corrected chi connectivity index (χ3v) is 7.75. The molecule has 0 aliphatic carbocycles. The number of hydrogen-bond donors (Lipinski definition) is 1. The second-order valence-electron chi connectivity index (χ2n) is 9.09. The number of thiophene rings is 1. The first kappa shape index (κ1) is 20.9. The molecule has 1 saturated heterocycles. The number of aromatic nitrogens is 1. The summed E-state index contributed by atoms with van der Waals surface area (Å²) < 4.78 is 1.79. The van der Waals surface area contributed by atoms with Gasteiger partial charge in [0.15, 0.2) is 0 Å². The van der Waals surface area contributed by atoms with Crippen LogP contribution in [0.4, 0.5) is 5.69 Å². The molecule has 0 saturated carbocycles. The summed E-state index contributed by atoms with van der Waals surface area (Å²) in [5.74, 6) is 0.0788. The number of carbonyl (C=O) groups excluding carboxylic acids is 2. The molecule has 1 fully saturated rings. The van der Waals surface area contributed by atoms with E-state index in [0.717, 1.165) is 22.9 Å². The van der Waals surface area contributed by atoms with Crippen molar-refractivity contribution in [3.05, 3.63) is 98.6 Å². The summed E-state index contributed by atoms with van der Waals surface area (Å²) in [7, 11) is 0. The van der Waals surface area contributed by atoms with E-state index < -0.39 is 0 Å². The summed E-state index contributed by atoms with van der Waals surface area (Å²) in [6.07, 6.45) is 0.960. The van der Waals surface area contributed by atoms with Crippen LogP contribution in [0.1, 0.15) is 38.1 Å². The minimum Gasteiger partial charge on any atom is -0.338 e. The maximum absolute atomic E-state index is 13.4. The third-order valence-electron chi connectivity index (χ3n) is 6.88. The van der Waals surface area contributed by atoms with E-state index in [0.29, 0.717) is 35.8 Å². The maximum atomic E-state index is 13.4. The molecule has 6 nitrogen and oxygen atoms in total. The first-order chi connectivity index (χ1) is 16.6. The number of fused-ring (bicyclic) bond motifs is 5. The average molecular weight is 470 g/mol. The minimum absolute atomic E-state index is 0.0380. The number of hydrogen-bond acceptors (Lipinski definition) is 4. The van der Waals surface area contributed by atoms with Gasteiger partial charge in [-0.3, -0.25) is 14.4 Å². The fourth-order valence-electron chi connectivity index (χ4n) is 5.30. The number of amides is 2. The number of benzene rings is 2. The molecule has 1 N–H and O–H groups in total. The molecule has 0 radical (unpaired) electrons. The van der Waals surface area contributed by atoms with Crippen molar-refractivity contribution >= 4 is 39.6 Å². The molecule has 2 aliphatic rings. The number of likely N-dealkylation sites (tertiary alicyclic amines) is 1. The highest BCUT2D eigenvalue weighted by Crippen LogP contribution is 2.36. The Balaban J connectivity index is 1.25. The molecule has 2 bridgehead atoms. The van der Waals surface area contributed by atoms with E-state index in [9.17, 15) is 14.4 Å². The van der Waals surface area contributed by atoms with E-state index in [1.807, 2.05) is 64.9 Å². The number of piperidine rings is 1. The predicted octanol–water partition coefficient (Wildman–Crippen LogP) is 4.57. The molecule has 0 spiro atoms. The van der Waals surface area contributed by atoms with Gasteiger partial charge in [-0.25, -0.2) is 0 Å². The maximum Gasteiger partial charge on any atom is 0.274 e. The summed E-state index contributed by atoms with van der Waals surface area (Å²) >= 11 is 1.34. The Morgan fingerprint density at radius 2 is 1.76 bits per heavy atom. The predicted molar refractivity (Wildman–Crippen MR) is 134 cm³/mol. The van der Waals surface area contributed by atoms with Crippen LogP contribution in [0, 0.1) is 5.92 Å². The lowest BCUT2D eigenvalue weighted by Gasteiger charge is -2.43. The summed E-state index contributed by atoms with van der Waals surface area (Å²) in [5.41, 5.74) is 1.76. The van der Waals surface area contributed by atoms with Crippen LogP contribution in [0.2, 0.25) is 0 Å². The number of rotatable bonds is 3. The highest BCUT2D eigenvalue weighted by molar-refractivity contribution is 7.12. The van der Waals surface area contributed by atoms with Gasteiger partial charge in [-0.15, -0.1) is 11.3 Å². The van der Waals surface area contributed by atoms with E-state index in [1.54, 1.807) is 16.7 Å². The Morgan fingerprint density at radius 3 is 2.59 bits per heavy atom. The fourth-order valence-corrected chi connectivity index (χ4v) is 5.92. The topological polar surface area (TPSA) is 71.4 Å². The zero-order valence-electron chi connectivity index (χ0n) is 18.4. The van der Waals surface area contributed by atoms with Crippen molar-refractivity contribution in [3.63, 3.8) is 0 Å². The molecule has 7 heteroatoms. The van der Waals surface area contributed by atoms with Crippen molar-refractivity contribution in [3.8, 4) is 0 Å². The zero-order chi connectivity index (χ0) is 23.2. The normalized spacial score (nSPS) is 19.0. The van der Waals surface area contributed by atoms with Gasteiger partial charge in [0.05, 0.1) is 4.88 Å². The Kier molecular flexibility index (Phi) is 5.07. The highest BCUT2D eigenvalue weighted by Gasteiger charge is 2.37. The molecule has 0 unspecified atom stereocenters. The number of nitrogens with zero attached hydrogens (tertiary/aromatic N) is 2. The molecular formula is C27H23N3O3S. The van der Waals surface area contributed by atoms with Crippen LogP contribution in [0.25, 0.3) is 10.8 Å².